The Morgan fingerprint density at radius 3 is 2.32 bits per heavy atom. The lowest BCUT2D eigenvalue weighted by molar-refractivity contribution is -0.304. The zero-order valence-electron chi connectivity index (χ0n) is 12.2. The number of rotatable bonds is 5. The van der Waals surface area contributed by atoms with Crippen LogP contribution in [0, 0.1) is 0 Å². The number of benzene rings is 2. The quantitative estimate of drug-likeness (QED) is 0.624. The van der Waals surface area contributed by atoms with Crippen LogP contribution in [0.4, 0.5) is 5.69 Å². The molecule has 0 saturated carbocycles. The average Bonchev–Trinajstić information content (AvgIpc) is 2.53. The summed E-state index contributed by atoms with van der Waals surface area (Å²) in [5.41, 5.74) is 2.73. The molecule has 0 aliphatic heterocycles. The molecular formula is C17H16NO2S2-. The highest BCUT2D eigenvalue weighted by Gasteiger charge is 2.05. The highest BCUT2D eigenvalue weighted by molar-refractivity contribution is 8.38. The molecule has 0 aromatic heterocycles. The summed E-state index contributed by atoms with van der Waals surface area (Å²) in [5.74, 6) is -0.365. The van der Waals surface area contributed by atoms with Crippen LogP contribution in [0.15, 0.2) is 59.6 Å². The Bertz CT molecular complexity index is 657. The van der Waals surface area contributed by atoms with Crippen molar-refractivity contribution in [2.75, 3.05) is 6.26 Å². The molecule has 0 aliphatic carbocycles. The minimum atomic E-state index is -1.06. The predicted octanol–water partition coefficient (Wildman–Crippen LogP) is 3.26. The van der Waals surface area contributed by atoms with E-state index in [4.69, 9.17) is 0 Å². The molecule has 3 nitrogen and oxygen atoms in total. The summed E-state index contributed by atoms with van der Waals surface area (Å²) in [6.07, 6.45) is 1.93. The van der Waals surface area contributed by atoms with E-state index in [0.29, 0.717) is 5.75 Å². The zero-order chi connectivity index (χ0) is 15.8. The maximum Gasteiger partial charge on any atom is 0.130 e. The number of aliphatic imine (C=N–C) groups is 1. The molecule has 114 valence electrons. The third kappa shape index (κ3) is 5.24. The van der Waals surface area contributed by atoms with Crippen LogP contribution in [0.25, 0.3) is 0 Å². The van der Waals surface area contributed by atoms with Gasteiger partial charge in [0.15, 0.2) is 0 Å². The Morgan fingerprint density at radius 1 is 1.05 bits per heavy atom. The van der Waals surface area contributed by atoms with Gasteiger partial charge in [0.1, 0.15) is 4.38 Å². The Hall–Kier alpha value is -1.72. The first kappa shape index (κ1) is 16.6. The van der Waals surface area contributed by atoms with Crippen LogP contribution in [-0.2, 0) is 17.0 Å². The summed E-state index contributed by atoms with van der Waals surface area (Å²) in [6, 6.07) is 17.3. The summed E-state index contributed by atoms with van der Waals surface area (Å²) >= 11 is 3.20. The lowest BCUT2D eigenvalue weighted by Crippen LogP contribution is -2.24. The van der Waals surface area contributed by atoms with Crippen LogP contribution >= 0.6 is 23.5 Å². The fraction of sp³-hybridized carbons (Fsp3) is 0.176. The van der Waals surface area contributed by atoms with Crippen LogP contribution in [0.3, 0.4) is 0 Å². The van der Waals surface area contributed by atoms with Crippen LogP contribution in [-0.4, -0.2) is 16.6 Å². The third-order valence-corrected chi connectivity index (χ3v) is 5.04. The Labute approximate surface area is 138 Å². The van der Waals surface area contributed by atoms with E-state index in [1.165, 1.54) is 0 Å². The molecule has 5 heteroatoms. The molecule has 0 radical (unpaired) electrons. The zero-order valence-corrected chi connectivity index (χ0v) is 13.8. The van der Waals surface area contributed by atoms with Crippen molar-refractivity contribution in [3.8, 4) is 0 Å². The highest BCUT2D eigenvalue weighted by atomic mass is 32.2. The van der Waals surface area contributed by atoms with Gasteiger partial charge in [0.05, 0.1) is 5.69 Å². The van der Waals surface area contributed by atoms with Gasteiger partial charge in [-0.05, 0) is 29.5 Å². The first-order valence-electron chi connectivity index (χ1n) is 6.76. The summed E-state index contributed by atoms with van der Waals surface area (Å²) < 4.78 is 0.953. The predicted molar refractivity (Wildman–Crippen MR) is 93.5 cm³/mol. The smallest absolute Gasteiger partial charge is 0.130 e. The van der Waals surface area contributed by atoms with E-state index >= 15 is 0 Å². The second kappa shape index (κ2) is 8.66. The first-order chi connectivity index (χ1) is 10.7. The summed E-state index contributed by atoms with van der Waals surface area (Å²) in [4.78, 5) is 15.4. The van der Waals surface area contributed by atoms with Crippen molar-refractivity contribution in [3.05, 3.63) is 65.7 Å². The van der Waals surface area contributed by atoms with Gasteiger partial charge >= 0.3 is 0 Å². The standard InChI is InChI=1S/C17H17NO2S2/c1-21-17(18-15-9-3-2-4-10-15)22-12-14-8-6-5-7-13(14)11-16(19)20/h2-10H,11-12H2,1H3,(H,19,20)/p-1. The van der Waals surface area contributed by atoms with Crippen molar-refractivity contribution in [2.45, 2.75) is 12.2 Å². The third-order valence-electron chi connectivity index (χ3n) is 2.96. The minimum Gasteiger partial charge on any atom is -0.550 e. The van der Waals surface area contributed by atoms with Gasteiger partial charge in [0.25, 0.3) is 0 Å². The molecule has 2 rings (SSSR count). The van der Waals surface area contributed by atoms with Gasteiger partial charge in [-0.15, -0.1) is 11.8 Å². The number of hydrogen-bond donors (Lipinski definition) is 0. The number of carboxylic acid groups (broad SMARTS) is 1. The highest BCUT2D eigenvalue weighted by Crippen LogP contribution is 2.25. The van der Waals surface area contributed by atoms with Crippen LogP contribution in [0.2, 0.25) is 0 Å². The molecule has 0 atom stereocenters. The fourth-order valence-electron chi connectivity index (χ4n) is 1.91. The lowest BCUT2D eigenvalue weighted by Gasteiger charge is -2.10. The lowest BCUT2D eigenvalue weighted by atomic mass is 10.1. The number of carboxylic acids is 1. The van der Waals surface area contributed by atoms with Gasteiger partial charge in [-0.1, -0.05) is 54.2 Å². The first-order valence-corrected chi connectivity index (χ1v) is 8.97. The number of hydrogen-bond acceptors (Lipinski definition) is 5. The van der Waals surface area contributed by atoms with Gasteiger partial charge in [0, 0.05) is 18.1 Å². The number of aliphatic carboxylic acids is 1. The second-order valence-electron chi connectivity index (χ2n) is 4.52. The van der Waals surface area contributed by atoms with Crippen molar-refractivity contribution < 1.29 is 9.90 Å². The molecule has 0 bridgehead atoms. The van der Waals surface area contributed by atoms with E-state index in [0.717, 1.165) is 21.2 Å². The average molecular weight is 330 g/mol. The molecule has 0 spiro atoms. The van der Waals surface area contributed by atoms with E-state index in [-0.39, 0.29) is 6.42 Å². The molecule has 0 heterocycles. The van der Waals surface area contributed by atoms with Crippen molar-refractivity contribution in [1.29, 1.82) is 0 Å². The Morgan fingerprint density at radius 2 is 1.68 bits per heavy atom. The van der Waals surface area contributed by atoms with E-state index in [2.05, 4.69) is 4.99 Å². The molecule has 0 amide bonds. The number of thioether (sulfide) groups is 2. The largest absolute Gasteiger partial charge is 0.550 e. The second-order valence-corrected chi connectivity index (χ2v) is 6.54. The SMILES string of the molecule is CSC(=Nc1ccccc1)SCc1ccccc1CC(=O)[O-]. The van der Waals surface area contributed by atoms with Crippen LogP contribution in [0.1, 0.15) is 11.1 Å². The van der Waals surface area contributed by atoms with Gasteiger partial charge in [-0.25, -0.2) is 4.99 Å². The van der Waals surface area contributed by atoms with Crippen molar-refractivity contribution in [1.82, 2.24) is 0 Å². The van der Waals surface area contributed by atoms with Crippen LogP contribution < -0.4 is 5.11 Å². The number of carbonyl (C=O) groups excluding carboxylic acids is 1. The molecule has 0 unspecified atom stereocenters. The van der Waals surface area contributed by atoms with E-state index in [9.17, 15) is 9.90 Å². The molecule has 0 fully saturated rings. The number of nitrogens with zero attached hydrogens (tertiary/aromatic N) is 1. The van der Waals surface area contributed by atoms with Crippen molar-refractivity contribution >= 4 is 39.6 Å². The van der Waals surface area contributed by atoms with Gasteiger partial charge < -0.3 is 9.90 Å². The molecule has 0 aliphatic rings. The van der Waals surface area contributed by atoms with Crippen LogP contribution in [0.5, 0.6) is 0 Å². The summed E-state index contributed by atoms with van der Waals surface area (Å²) in [5, 5.41) is 10.8. The van der Waals surface area contributed by atoms with E-state index in [1.54, 1.807) is 23.5 Å². The molecule has 0 N–H and O–H groups in total. The van der Waals surface area contributed by atoms with E-state index < -0.39 is 5.97 Å². The van der Waals surface area contributed by atoms with Crippen molar-refractivity contribution in [3.63, 3.8) is 0 Å². The molecule has 2 aromatic rings. The normalized spacial score (nSPS) is 11.4. The topological polar surface area (TPSA) is 52.5 Å². The minimum absolute atomic E-state index is 0.0544. The van der Waals surface area contributed by atoms with Gasteiger partial charge in [-0.3, -0.25) is 0 Å². The number of carbonyl (C=O) groups is 1. The summed E-state index contributed by atoms with van der Waals surface area (Å²) in [7, 11) is 0. The fourth-order valence-corrected chi connectivity index (χ4v) is 3.49. The number of para-hydroxylation sites is 1. The molecule has 0 saturated heterocycles. The van der Waals surface area contributed by atoms with Gasteiger partial charge in [-0.2, -0.15) is 0 Å². The van der Waals surface area contributed by atoms with Crippen molar-refractivity contribution in [2.24, 2.45) is 4.99 Å². The Kier molecular flexibility index (Phi) is 6.55. The summed E-state index contributed by atoms with van der Waals surface area (Å²) in [6.45, 7) is 0. The molecular weight excluding hydrogens is 314 g/mol. The van der Waals surface area contributed by atoms with Gasteiger partial charge in [0.2, 0.25) is 0 Å². The molecule has 22 heavy (non-hydrogen) atoms. The monoisotopic (exact) mass is 330 g/mol. The molecule has 2 aromatic carbocycles. The maximum atomic E-state index is 10.8. The van der Waals surface area contributed by atoms with E-state index in [1.807, 2.05) is 60.9 Å². The Balaban J connectivity index is 2.08. The maximum absolute atomic E-state index is 10.8.